The molecular formula is C28H50O4. The summed E-state index contributed by atoms with van der Waals surface area (Å²) in [6.07, 6.45) is 29.1. The summed E-state index contributed by atoms with van der Waals surface area (Å²) in [5, 5.41) is 9.27. The van der Waals surface area contributed by atoms with Crippen molar-refractivity contribution in [1.82, 2.24) is 0 Å². The monoisotopic (exact) mass is 450 g/mol. The van der Waals surface area contributed by atoms with Gasteiger partial charge in [-0.1, -0.05) is 116 Å². The van der Waals surface area contributed by atoms with Crippen LogP contribution in [0.1, 0.15) is 142 Å². The number of ether oxygens (including phenoxy) is 1. The van der Waals surface area contributed by atoms with Crippen molar-refractivity contribution in [2.75, 3.05) is 0 Å². The summed E-state index contributed by atoms with van der Waals surface area (Å²) in [5.74, 6) is -2.31. The zero-order chi connectivity index (χ0) is 23.3. The lowest BCUT2D eigenvalue weighted by Gasteiger charge is -2.25. The van der Waals surface area contributed by atoms with Crippen LogP contribution in [-0.2, 0) is 14.3 Å². The van der Waals surface area contributed by atoms with Gasteiger partial charge in [0, 0.05) is 0 Å². The maximum atomic E-state index is 12.2. The summed E-state index contributed by atoms with van der Waals surface area (Å²) in [4.78, 5) is 23.5. The minimum absolute atomic E-state index is 0.375. The largest absolute Gasteiger partial charge is 0.481 e. The van der Waals surface area contributed by atoms with Crippen LogP contribution in [0, 0.1) is 11.8 Å². The van der Waals surface area contributed by atoms with Crippen LogP contribution in [-0.4, -0.2) is 17.0 Å². The fourth-order valence-corrected chi connectivity index (χ4v) is 4.79. The molecular weight excluding hydrogens is 400 g/mol. The molecule has 4 heteroatoms. The molecule has 0 aliphatic heterocycles. The summed E-state index contributed by atoms with van der Waals surface area (Å²) in [5.41, 5.74) is 0. The second-order valence-electron chi connectivity index (χ2n) is 9.74. The molecule has 1 aliphatic rings. The summed E-state index contributed by atoms with van der Waals surface area (Å²) >= 11 is 0. The van der Waals surface area contributed by atoms with Crippen molar-refractivity contribution in [3.63, 3.8) is 0 Å². The van der Waals surface area contributed by atoms with E-state index in [2.05, 4.69) is 6.92 Å². The molecule has 0 amide bonds. The Morgan fingerprint density at radius 1 is 0.719 bits per heavy atom. The molecule has 186 valence electrons. The number of allylic oxidation sites excluding steroid dienone is 1. The average molecular weight is 451 g/mol. The molecule has 0 aromatic rings. The molecule has 2 atom stereocenters. The Balaban J connectivity index is 1.86. The Kier molecular flexibility index (Phi) is 18.2. The zero-order valence-electron chi connectivity index (χ0n) is 20.8. The third-order valence-corrected chi connectivity index (χ3v) is 6.89. The molecule has 0 spiro atoms. The van der Waals surface area contributed by atoms with Gasteiger partial charge < -0.3 is 9.84 Å². The molecule has 1 rings (SSSR count). The van der Waals surface area contributed by atoms with E-state index in [0.717, 1.165) is 25.7 Å². The predicted molar refractivity (Wildman–Crippen MR) is 132 cm³/mol. The van der Waals surface area contributed by atoms with Crippen LogP contribution in [0.3, 0.4) is 0 Å². The van der Waals surface area contributed by atoms with Gasteiger partial charge in [-0.25, -0.2) is 0 Å². The van der Waals surface area contributed by atoms with Crippen LogP contribution in [0.2, 0.25) is 0 Å². The summed E-state index contributed by atoms with van der Waals surface area (Å²) in [6, 6.07) is 0. The van der Waals surface area contributed by atoms with E-state index in [0.29, 0.717) is 12.8 Å². The van der Waals surface area contributed by atoms with Gasteiger partial charge in [-0.3, -0.25) is 9.59 Å². The molecule has 2 unspecified atom stereocenters. The lowest BCUT2D eigenvalue weighted by atomic mass is 9.79. The number of carbonyl (C=O) groups excluding carboxylic acids is 1. The Hall–Kier alpha value is -1.32. The van der Waals surface area contributed by atoms with Crippen molar-refractivity contribution in [2.45, 2.75) is 142 Å². The van der Waals surface area contributed by atoms with Crippen LogP contribution in [0.5, 0.6) is 0 Å². The van der Waals surface area contributed by atoms with Gasteiger partial charge in [0.2, 0.25) is 0 Å². The molecule has 0 saturated heterocycles. The zero-order valence-corrected chi connectivity index (χ0v) is 20.8. The van der Waals surface area contributed by atoms with Crippen LogP contribution in [0.15, 0.2) is 12.3 Å². The molecule has 1 fully saturated rings. The van der Waals surface area contributed by atoms with Crippen molar-refractivity contribution in [3.05, 3.63) is 12.3 Å². The maximum Gasteiger partial charge on any atom is 0.314 e. The molecule has 0 heterocycles. The molecule has 0 aromatic carbocycles. The highest BCUT2D eigenvalue weighted by atomic mass is 16.5. The van der Waals surface area contributed by atoms with E-state index in [4.69, 9.17) is 4.74 Å². The number of rotatable bonds is 20. The molecule has 4 nitrogen and oxygen atoms in total. The van der Waals surface area contributed by atoms with Crippen molar-refractivity contribution in [3.8, 4) is 0 Å². The quantitative estimate of drug-likeness (QED) is 0.115. The normalized spacial score (nSPS) is 18.8. The Bertz CT molecular complexity index is 500. The predicted octanol–water partition coefficient (Wildman–Crippen LogP) is 8.59. The number of hydrogen-bond donors (Lipinski definition) is 1. The average Bonchev–Trinajstić information content (AvgIpc) is 2.80. The van der Waals surface area contributed by atoms with Crippen LogP contribution < -0.4 is 0 Å². The van der Waals surface area contributed by atoms with Gasteiger partial charge in [-0.05, 0) is 31.8 Å². The van der Waals surface area contributed by atoms with Crippen LogP contribution >= 0.6 is 0 Å². The molecule has 0 radical (unpaired) electrons. The third-order valence-electron chi connectivity index (χ3n) is 6.89. The molecule has 32 heavy (non-hydrogen) atoms. The van der Waals surface area contributed by atoms with Gasteiger partial charge in [-0.2, -0.15) is 0 Å². The van der Waals surface area contributed by atoms with Gasteiger partial charge >= 0.3 is 11.9 Å². The minimum Gasteiger partial charge on any atom is -0.481 e. The molecule has 0 bridgehead atoms. The number of carboxylic acid groups (broad SMARTS) is 1. The summed E-state index contributed by atoms with van der Waals surface area (Å²) < 4.78 is 5.21. The summed E-state index contributed by atoms with van der Waals surface area (Å²) in [6.45, 7) is 2.28. The number of carbonyl (C=O) groups is 2. The van der Waals surface area contributed by atoms with E-state index in [-0.39, 0.29) is 5.97 Å². The van der Waals surface area contributed by atoms with Gasteiger partial charge in [0.05, 0.1) is 18.1 Å². The summed E-state index contributed by atoms with van der Waals surface area (Å²) in [7, 11) is 0. The fourth-order valence-electron chi connectivity index (χ4n) is 4.79. The van der Waals surface area contributed by atoms with E-state index in [1.54, 1.807) is 0 Å². The Morgan fingerprint density at radius 2 is 1.16 bits per heavy atom. The van der Waals surface area contributed by atoms with Gasteiger partial charge in [0.25, 0.3) is 0 Å². The van der Waals surface area contributed by atoms with Crippen molar-refractivity contribution in [2.24, 2.45) is 11.8 Å². The minimum atomic E-state index is -0.871. The van der Waals surface area contributed by atoms with E-state index in [1.807, 2.05) is 6.08 Å². The van der Waals surface area contributed by atoms with Crippen molar-refractivity contribution in [1.29, 1.82) is 0 Å². The fraction of sp³-hybridized carbons (Fsp3) is 0.857. The standard InChI is InChI=1S/C28H50O4/c1-2-3-4-5-6-7-8-9-10-11-12-13-14-15-16-17-18-21-24-32-28(31)26-23-20-19-22-25(26)27(29)30/h21,24-26H,2-20,22-23H2,1H3,(H,29,30)/b24-21+. The van der Waals surface area contributed by atoms with Gasteiger partial charge in [-0.15, -0.1) is 0 Å². The molecule has 1 aliphatic carbocycles. The van der Waals surface area contributed by atoms with Crippen LogP contribution in [0.4, 0.5) is 0 Å². The smallest absolute Gasteiger partial charge is 0.314 e. The van der Waals surface area contributed by atoms with E-state index < -0.39 is 17.8 Å². The number of esters is 1. The first-order valence-electron chi connectivity index (χ1n) is 13.7. The Labute approximate surface area is 197 Å². The van der Waals surface area contributed by atoms with Crippen molar-refractivity contribution < 1.29 is 19.4 Å². The van der Waals surface area contributed by atoms with Crippen molar-refractivity contribution >= 4 is 11.9 Å². The number of unbranched alkanes of at least 4 members (excludes halogenated alkanes) is 16. The highest BCUT2D eigenvalue weighted by molar-refractivity contribution is 5.81. The van der Waals surface area contributed by atoms with E-state index in [9.17, 15) is 14.7 Å². The number of carboxylic acids is 1. The van der Waals surface area contributed by atoms with E-state index in [1.165, 1.54) is 103 Å². The van der Waals surface area contributed by atoms with E-state index >= 15 is 0 Å². The molecule has 1 N–H and O–H groups in total. The maximum absolute atomic E-state index is 12.2. The first-order valence-corrected chi connectivity index (χ1v) is 13.7. The highest BCUT2D eigenvalue weighted by Crippen LogP contribution is 2.31. The second kappa shape index (κ2) is 20.3. The third kappa shape index (κ3) is 14.7. The first kappa shape index (κ1) is 28.7. The Morgan fingerprint density at radius 3 is 1.62 bits per heavy atom. The highest BCUT2D eigenvalue weighted by Gasteiger charge is 2.36. The number of aliphatic carboxylic acids is 1. The first-order chi connectivity index (χ1) is 15.7. The van der Waals surface area contributed by atoms with Gasteiger partial charge in [0.15, 0.2) is 0 Å². The molecule has 0 aromatic heterocycles. The lowest BCUT2D eigenvalue weighted by molar-refractivity contribution is -0.156. The topological polar surface area (TPSA) is 63.6 Å². The van der Waals surface area contributed by atoms with Gasteiger partial charge in [0.1, 0.15) is 0 Å². The SMILES string of the molecule is CCCCCCCCCCCCCCCCCC/C=C/OC(=O)C1CCCCC1C(=O)O. The number of hydrogen-bond acceptors (Lipinski definition) is 3. The lowest BCUT2D eigenvalue weighted by Crippen LogP contribution is -2.33. The molecule has 1 saturated carbocycles. The van der Waals surface area contributed by atoms with Crippen LogP contribution in [0.25, 0.3) is 0 Å². The second-order valence-corrected chi connectivity index (χ2v) is 9.74.